The highest BCUT2D eigenvalue weighted by Crippen LogP contribution is 2.32. The Morgan fingerprint density at radius 2 is 1.89 bits per heavy atom. The van der Waals surface area contributed by atoms with E-state index in [4.69, 9.17) is 10.00 Å². The predicted molar refractivity (Wildman–Crippen MR) is 65.3 cm³/mol. The van der Waals surface area contributed by atoms with Gasteiger partial charge in [-0.2, -0.15) is 5.26 Å². The lowest BCUT2D eigenvalue weighted by molar-refractivity contribution is 0.469. The fourth-order valence-electron chi connectivity index (χ4n) is 1.37. The zero-order valence-electron chi connectivity index (χ0n) is 8.95. The van der Waals surface area contributed by atoms with Crippen LogP contribution < -0.4 is 4.74 Å². The molecule has 0 spiro atoms. The van der Waals surface area contributed by atoms with E-state index < -0.39 is 11.6 Å². The van der Waals surface area contributed by atoms with Crippen LogP contribution in [0.1, 0.15) is 5.56 Å². The summed E-state index contributed by atoms with van der Waals surface area (Å²) in [6, 6.07) is 9.63. The Morgan fingerprint density at radius 1 is 1.11 bits per heavy atom. The molecule has 2 aromatic carbocycles. The van der Waals surface area contributed by atoms with Crippen molar-refractivity contribution >= 4 is 15.9 Å². The van der Waals surface area contributed by atoms with E-state index in [1.807, 2.05) is 0 Å². The molecule has 2 aromatic rings. The van der Waals surface area contributed by atoms with Gasteiger partial charge in [0.1, 0.15) is 34.8 Å². The molecule has 5 heteroatoms. The number of ether oxygens (including phenoxy) is 1. The molecular weight excluding hydrogens is 304 g/mol. The fraction of sp³-hybridized carbons (Fsp3) is 0. The molecule has 0 aromatic heterocycles. The van der Waals surface area contributed by atoms with Crippen molar-refractivity contribution in [3.8, 4) is 17.6 Å². The standard InChI is InChI=1S/C13H6BrF2NO/c14-10-6-8(15)4-5-13(10)18-12-3-1-2-11(16)9(12)7-17/h1-6H. The van der Waals surface area contributed by atoms with E-state index in [0.29, 0.717) is 10.2 Å². The van der Waals surface area contributed by atoms with Gasteiger partial charge < -0.3 is 4.74 Å². The second-order valence-corrected chi connectivity index (χ2v) is 4.26. The van der Waals surface area contributed by atoms with Gasteiger partial charge in [-0.3, -0.25) is 0 Å². The van der Waals surface area contributed by atoms with E-state index in [-0.39, 0.29) is 11.3 Å². The average molecular weight is 310 g/mol. The molecule has 0 N–H and O–H groups in total. The highest BCUT2D eigenvalue weighted by Gasteiger charge is 2.11. The zero-order chi connectivity index (χ0) is 13.1. The molecule has 0 atom stereocenters. The summed E-state index contributed by atoms with van der Waals surface area (Å²) in [6.45, 7) is 0. The monoisotopic (exact) mass is 309 g/mol. The average Bonchev–Trinajstić information content (AvgIpc) is 2.33. The van der Waals surface area contributed by atoms with E-state index >= 15 is 0 Å². The topological polar surface area (TPSA) is 33.0 Å². The number of rotatable bonds is 2. The summed E-state index contributed by atoms with van der Waals surface area (Å²) in [5.74, 6) is -0.689. The predicted octanol–water partition coefficient (Wildman–Crippen LogP) is 4.39. The van der Waals surface area contributed by atoms with Gasteiger partial charge in [0.05, 0.1) is 4.47 Å². The first kappa shape index (κ1) is 12.5. The minimum absolute atomic E-state index is 0.0878. The molecule has 0 aliphatic carbocycles. The zero-order valence-corrected chi connectivity index (χ0v) is 10.5. The van der Waals surface area contributed by atoms with Crippen molar-refractivity contribution in [2.45, 2.75) is 0 Å². The number of nitriles is 1. The van der Waals surface area contributed by atoms with Crippen LogP contribution in [0.25, 0.3) is 0 Å². The Hall–Kier alpha value is -1.93. The maximum absolute atomic E-state index is 13.3. The minimum Gasteiger partial charge on any atom is -0.455 e. The van der Waals surface area contributed by atoms with Crippen molar-refractivity contribution in [1.29, 1.82) is 5.26 Å². The molecule has 0 unspecified atom stereocenters. The summed E-state index contributed by atoms with van der Waals surface area (Å²) in [7, 11) is 0. The minimum atomic E-state index is -0.659. The van der Waals surface area contributed by atoms with Crippen molar-refractivity contribution in [2.75, 3.05) is 0 Å². The molecule has 18 heavy (non-hydrogen) atoms. The number of nitrogens with zero attached hydrogens (tertiary/aromatic N) is 1. The van der Waals surface area contributed by atoms with Crippen LogP contribution in [-0.2, 0) is 0 Å². The van der Waals surface area contributed by atoms with E-state index in [1.165, 1.54) is 36.4 Å². The summed E-state index contributed by atoms with van der Waals surface area (Å²) < 4.78 is 32.0. The van der Waals surface area contributed by atoms with Gasteiger partial charge in [-0.1, -0.05) is 6.07 Å². The first-order valence-electron chi connectivity index (χ1n) is 4.93. The molecular formula is C13H6BrF2NO. The van der Waals surface area contributed by atoms with Crippen molar-refractivity contribution in [1.82, 2.24) is 0 Å². The summed E-state index contributed by atoms with van der Waals surface area (Å²) in [4.78, 5) is 0. The Morgan fingerprint density at radius 3 is 2.56 bits per heavy atom. The molecule has 0 fully saturated rings. The summed E-state index contributed by atoms with van der Waals surface area (Å²) in [6.07, 6.45) is 0. The molecule has 2 rings (SSSR count). The molecule has 0 bridgehead atoms. The van der Waals surface area contributed by atoms with Crippen LogP contribution >= 0.6 is 15.9 Å². The third-order valence-electron chi connectivity index (χ3n) is 2.20. The van der Waals surface area contributed by atoms with Crippen LogP contribution in [0, 0.1) is 23.0 Å². The Labute approximate surface area is 111 Å². The third kappa shape index (κ3) is 2.49. The maximum atomic E-state index is 13.3. The van der Waals surface area contributed by atoms with Crippen LogP contribution in [0.3, 0.4) is 0 Å². The van der Waals surface area contributed by atoms with Gasteiger partial charge in [0, 0.05) is 0 Å². The molecule has 0 heterocycles. The molecule has 2 nitrogen and oxygen atoms in total. The molecule has 0 aliphatic rings. The molecule has 90 valence electrons. The summed E-state index contributed by atoms with van der Waals surface area (Å²) in [5, 5.41) is 8.85. The van der Waals surface area contributed by atoms with Crippen LogP contribution in [0.2, 0.25) is 0 Å². The van der Waals surface area contributed by atoms with Crippen LogP contribution in [-0.4, -0.2) is 0 Å². The van der Waals surface area contributed by atoms with Crippen molar-refractivity contribution in [3.05, 3.63) is 58.1 Å². The largest absolute Gasteiger partial charge is 0.455 e. The molecule has 0 saturated carbocycles. The van der Waals surface area contributed by atoms with Gasteiger partial charge in [-0.25, -0.2) is 8.78 Å². The molecule has 0 aliphatic heterocycles. The normalized spacial score (nSPS) is 9.89. The highest BCUT2D eigenvalue weighted by atomic mass is 79.9. The first-order valence-corrected chi connectivity index (χ1v) is 5.72. The quantitative estimate of drug-likeness (QED) is 0.824. The van der Waals surface area contributed by atoms with Crippen LogP contribution in [0.4, 0.5) is 8.78 Å². The van der Waals surface area contributed by atoms with E-state index in [2.05, 4.69) is 15.9 Å². The number of benzene rings is 2. The lowest BCUT2D eigenvalue weighted by Crippen LogP contribution is -1.92. The van der Waals surface area contributed by atoms with Gasteiger partial charge in [0.2, 0.25) is 0 Å². The summed E-state index contributed by atoms with van der Waals surface area (Å²) in [5.41, 5.74) is -0.186. The van der Waals surface area contributed by atoms with Gasteiger partial charge in [0.25, 0.3) is 0 Å². The van der Waals surface area contributed by atoms with Gasteiger partial charge in [0.15, 0.2) is 0 Å². The van der Waals surface area contributed by atoms with Crippen LogP contribution in [0.15, 0.2) is 40.9 Å². The van der Waals surface area contributed by atoms with Crippen molar-refractivity contribution in [2.24, 2.45) is 0 Å². The van der Waals surface area contributed by atoms with E-state index in [1.54, 1.807) is 6.07 Å². The first-order chi connectivity index (χ1) is 8.61. The maximum Gasteiger partial charge on any atom is 0.148 e. The third-order valence-corrected chi connectivity index (χ3v) is 2.82. The molecule has 0 radical (unpaired) electrons. The fourth-order valence-corrected chi connectivity index (χ4v) is 1.81. The lowest BCUT2D eigenvalue weighted by Gasteiger charge is -2.09. The highest BCUT2D eigenvalue weighted by molar-refractivity contribution is 9.10. The SMILES string of the molecule is N#Cc1c(F)cccc1Oc1ccc(F)cc1Br. The van der Waals surface area contributed by atoms with Gasteiger partial charge in [-0.05, 0) is 46.3 Å². The number of halogens is 3. The molecule has 0 saturated heterocycles. The number of hydrogen-bond acceptors (Lipinski definition) is 2. The van der Waals surface area contributed by atoms with Gasteiger partial charge >= 0.3 is 0 Å². The van der Waals surface area contributed by atoms with Gasteiger partial charge in [-0.15, -0.1) is 0 Å². The lowest BCUT2D eigenvalue weighted by atomic mass is 10.2. The Kier molecular flexibility index (Phi) is 3.58. The van der Waals surface area contributed by atoms with E-state index in [0.717, 1.165) is 0 Å². The number of hydrogen-bond donors (Lipinski definition) is 0. The second kappa shape index (κ2) is 5.15. The Bertz CT molecular complexity index is 637. The smallest absolute Gasteiger partial charge is 0.148 e. The Balaban J connectivity index is 2.41. The van der Waals surface area contributed by atoms with Crippen molar-refractivity contribution in [3.63, 3.8) is 0 Å². The molecule has 0 amide bonds. The second-order valence-electron chi connectivity index (χ2n) is 3.40. The van der Waals surface area contributed by atoms with E-state index in [9.17, 15) is 8.78 Å². The van der Waals surface area contributed by atoms with Crippen LogP contribution in [0.5, 0.6) is 11.5 Å². The summed E-state index contributed by atoms with van der Waals surface area (Å²) >= 11 is 3.13. The van der Waals surface area contributed by atoms with Crippen molar-refractivity contribution < 1.29 is 13.5 Å².